The highest BCUT2D eigenvalue weighted by molar-refractivity contribution is 5.98. The van der Waals surface area contributed by atoms with E-state index < -0.39 is 11.8 Å². The molecule has 0 atom stereocenters. The first-order valence-corrected chi connectivity index (χ1v) is 5.78. The number of carbonyl (C=O) groups excluding carboxylic acids is 1. The number of halogens is 1. The number of aryl methyl sites for hydroxylation is 1. The van der Waals surface area contributed by atoms with Crippen LogP contribution in [-0.2, 0) is 11.8 Å². The first-order chi connectivity index (χ1) is 9.02. The Morgan fingerprint density at radius 3 is 2.84 bits per heavy atom. The fourth-order valence-electron chi connectivity index (χ4n) is 1.84. The number of benzene rings is 1. The molecule has 0 aliphatic rings. The molecule has 100 valence electrons. The third kappa shape index (κ3) is 2.57. The summed E-state index contributed by atoms with van der Waals surface area (Å²) in [6, 6.07) is 2.58. The Kier molecular flexibility index (Phi) is 3.50. The molecule has 0 aliphatic heterocycles. The van der Waals surface area contributed by atoms with Crippen LogP contribution in [0, 0.1) is 5.82 Å². The maximum Gasteiger partial charge on any atom is 0.338 e. The zero-order chi connectivity index (χ0) is 14.0. The molecule has 1 aromatic carbocycles. The summed E-state index contributed by atoms with van der Waals surface area (Å²) in [5, 5.41) is 3.97. The van der Waals surface area contributed by atoms with Gasteiger partial charge in [0.05, 0.1) is 18.4 Å². The minimum atomic E-state index is -0.604. The molecule has 0 amide bonds. The Hall–Kier alpha value is -2.37. The molecule has 2 N–H and O–H groups in total. The number of hydrogen-bond donors (Lipinski definition) is 1. The van der Waals surface area contributed by atoms with Crippen LogP contribution >= 0.6 is 0 Å². The second kappa shape index (κ2) is 5.09. The number of carbonyl (C=O) groups is 1. The monoisotopic (exact) mass is 263 g/mol. The largest absolute Gasteiger partial charge is 0.462 e. The molecule has 2 aromatic rings. The normalized spacial score (nSPS) is 10.5. The average Bonchev–Trinajstić information content (AvgIpc) is 2.74. The van der Waals surface area contributed by atoms with Gasteiger partial charge in [0, 0.05) is 30.1 Å². The number of hydrogen-bond acceptors (Lipinski definition) is 4. The number of rotatable bonds is 3. The summed E-state index contributed by atoms with van der Waals surface area (Å²) in [5.74, 6) is -1.18. The van der Waals surface area contributed by atoms with E-state index in [-0.39, 0.29) is 23.4 Å². The van der Waals surface area contributed by atoms with Crippen molar-refractivity contribution in [2.45, 2.75) is 6.92 Å². The smallest absolute Gasteiger partial charge is 0.338 e. The van der Waals surface area contributed by atoms with Crippen molar-refractivity contribution in [3.05, 3.63) is 35.9 Å². The third-order valence-corrected chi connectivity index (χ3v) is 2.60. The lowest BCUT2D eigenvalue weighted by Crippen LogP contribution is -2.08. The SMILES string of the molecule is CCOC(=O)c1cc(N)cc(F)c1-c1cnn(C)c1. The minimum absolute atomic E-state index is 0.104. The van der Waals surface area contributed by atoms with Gasteiger partial charge < -0.3 is 10.5 Å². The van der Waals surface area contributed by atoms with E-state index in [0.29, 0.717) is 5.56 Å². The van der Waals surface area contributed by atoms with Gasteiger partial charge in [-0.1, -0.05) is 0 Å². The molecule has 0 unspecified atom stereocenters. The first kappa shape index (κ1) is 13.1. The van der Waals surface area contributed by atoms with Crippen LogP contribution in [0.4, 0.5) is 10.1 Å². The lowest BCUT2D eigenvalue weighted by molar-refractivity contribution is 0.0527. The van der Waals surface area contributed by atoms with Gasteiger partial charge in [-0.3, -0.25) is 4.68 Å². The predicted octanol–water partition coefficient (Wildman–Crippen LogP) is 1.99. The molecule has 1 heterocycles. The molecule has 0 aliphatic carbocycles. The third-order valence-electron chi connectivity index (χ3n) is 2.60. The summed E-state index contributed by atoms with van der Waals surface area (Å²) in [6.07, 6.45) is 3.11. The Bertz CT molecular complexity index is 622. The highest BCUT2D eigenvalue weighted by atomic mass is 19.1. The highest BCUT2D eigenvalue weighted by Crippen LogP contribution is 2.29. The summed E-state index contributed by atoms with van der Waals surface area (Å²) >= 11 is 0. The topological polar surface area (TPSA) is 70.1 Å². The van der Waals surface area contributed by atoms with E-state index in [1.807, 2.05) is 0 Å². The van der Waals surface area contributed by atoms with Gasteiger partial charge in [0.25, 0.3) is 0 Å². The van der Waals surface area contributed by atoms with Crippen molar-refractivity contribution in [3.63, 3.8) is 0 Å². The summed E-state index contributed by atoms with van der Waals surface area (Å²) in [7, 11) is 1.71. The number of nitrogen functional groups attached to an aromatic ring is 1. The molecule has 0 saturated heterocycles. The number of anilines is 1. The van der Waals surface area contributed by atoms with Crippen LogP contribution in [0.1, 0.15) is 17.3 Å². The van der Waals surface area contributed by atoms with Crippen LogP contribution in [0.2, 0.25) is 0 Å². The molecule has 2 rings (SSSR count). The van der Waals surface area contributed by atoms with E-state index in [4.69, 9.17) is 10.5 Å². The highest BCUT2D eigenvalue weighted by Gasteiger charge is 2.20. The molecule has 0 bridgehead atoms. The van der Waals surface area contributed by atoms with Crippen LogP contribution in [0.5, 0.6) is 0 Å². The van der Waals surface area contributed by atoms with Crippen molar-refractivity contribution in [3.8, 4) is 11.1 Å². The Balaban J connectivity index is 2.61. The summed E-state index contributed by atoms with van der Waals surface area (Å²) in [4.78, 5) is 11.9. The van der Waals surface area contributed by atoms with Gasteiger partial charge in [0.1, 0.15) is 5.82 Å². The number of nitrogens with two attached hydrogens (primary N) is 1. The maximum atomic E-state index is 14.1. The zero-order valence-corrected chi connectivity index (χ0v) is 10.7. The molecular formula is C13H14FN3O2. The van der Waals surface area contributed by atoms with E-state index in [1.54, 1.807) is 20.2 Å². The van der Waals surface area contributed by atoms with Crippen molar-refractivity contribution in [2.24, 2.45) is 7.05 Å². The molecule has 0 spiro atoms. The number of aromatic nitrogens is 2. The Morgan fingerprint density at radius 1 is 1.53 bits per heavy atom. The summed E-state index contributed by atoms with van der Waals surface area (Å²) in [5.41, 5.74) is 6.51. The summed E-state index contributed by atoms with van der Waals surface area (Å²) in [6.45, 7) is 1.89. The second-order valence-electron chi connectivity index (χ2n) is 4.05. The second-order valence-corrected chi connectivity index (χ2v) is 4.05. The van der Waals surface area contributed by atoms with E-state index >= 15 is 0 Å². The van der Waals surface area contributed by atoms with Crippen molar-refractivity contribution in [2.75, 3.05) is 12.3 Å². The maximum absolute atomic E-state index is 14.1. The van der Waals surface area contributed by atoms with Crippen molar-refractivity contribution in [1.82, 2.24) is 9.78 Å². The molecule has 0 radical (unpaired) electrons. The quantitative estimate of drug-likeness (QED) is 0.679. The lowest BCUT2D eigenvalue weighted by Gasteiger charge is -2.09. The van der Waals surface area contributed by atoms with Gasteiger partial charge in [0.15, 0.2) is 0 Å². The molecule has 0 fully saturated rings. The van der Waals surface area contributed by atoms with Crippen LogP contribution in [0.25, 0.3) is 11.1 Å². The number of nitrogens with zero attached hydrogens (tertiary/aromatic N) is 2. The van der Waals surface area contributed by atoms with E-state index in [1.165, 1.54) is 23.0 Å². The average molecular weight is 263 g/mol. The van der Waals surface area contributed by atoms with Crippen LogP contribution < -0.4 is 5.73 Å². The van der Waals surface area contributed by atoms with Gasteiger partial charge in [-0.25, -0.2) is 9.18 Å². The van der Waals surface area contributed by atoms with E-state index in [0.717, 1.165) is 0 Å². The summed E-state index contributed by atoms with van der Waals surface area (Å²) < 4.78 is 20.5. The minimum Gasteiger partial charge on any atom is -0.462 e. The van der Waals surface area contributed by atoms with Crippen LogP contribution in [0.3, 0.4) is 0 Å². The molecule has 19 heavy (non-hydrogen) atoms. The Labute approximate surface area is 109 Å². The van der Waals surface area contributed by atoms with Gasteiger partial charge in [-0.2, -0.15) is 5.10 Å². The number of esters is 1. The fourth-order valence-corrected chi connectivity index (χ4v) is 1.84. The van der Waals surface area contributed by atoms with Crippen LogP contribution in [0.15, 0.2) is 24.5 Å². The van der Waals surface area contributed by atoms with Crippen molar-refractivity contribution >= 4 is 11.7 Å². The number of ether oxygens (including phenoxy) is 1. The molecular weight excluding hydrogens is 249 g/mol. The van der Waals surface area contributed by atoms with Gasteiger partial charge in [-0.15, -0.1) is 0 Å². The van der Waals surface area contributed by atoms with E-state index in [9.17, 15) is 9.18 Å². The van der Waals surface area contributed by atoms with Gasteiger partial charge >= 0.3 is 5.97 Å². The predicted molar refractivity (Wildman–Crippen MR) is 69.0 cm³/mol. The molecule has 1 aromatic heterocycles. The molecule has 0 saturated carbocycles. The fraction of sp³-hybridized carbons (Fsp3) is 0.231. The molecule has 5 nitrogen and oxygen atoms in total. The first-order valence-electron chi connectivity index (χ1n) is 5.78. The lowest BCUT2D eigenvalue weighted by atomic mass is 10.0. The molecule has 6 heteroatoms. The van der Waals surface area contributed by atoms with Crippen molar-refractivity contribution < 1.29 is 13.9 Å². The van der Waals surface area contributed by atoms with Gasteiger partial charge in [0.2, 0.25) is 0 Å². The van der Waals surface area contributed by atoms with Crippen molar-refractivity contribution in [1.29, 1.82) is 0 Å². The zero-order valence-electron chi connectivity index (χ0n) is 10.7. The van der Waals surface area contributed by atoms with Gasteiger partial charge in [-0.05, 0) is 19.1 Å². The standard InChI is InChI=1S/C13H14FN3O2/c1-3-19-13(18)10-4-9(15)5-11(14)12(10)8-6-16-17(2)7-8/h4-7H,3,15H2,1-2H3. The van der Waals surface area contributed by atoms with Crippen LogP contribution in [-0.4, -0.2) is 22.4 Å². The van der Waals surface area contributed by atoms with E-state index in [2.05, 4.69) is 5.10 Å². The Morgan fingerprint density at radius 2 is 2.26 bits per heavy atom.